The van der Waals surface area contributed by atoms with Crippen molar-refractivity contribution in [3.05, 3.63) is 48.6 Å². The first-order valence-electron chi connectivity index (χ1n) is 5.79. The van der Waals surface area contributed by atoms with Crippen molar-refractivity contribution in [3.63, 3.8) is 0 Å². The maximum absolute atomic E-state index is 9.82. The van der Waals surface area contributed by atoms with Gasteiger partial charge in [-0.15, -0.1) is 6.58 Å². The van der Waals surface area contributed by atoms with Gasteiger partial charge in [0.1, 0.15) is 0 Å². The molecule has 1 fully saturated rings. The molecule has 0 unspecified atom stereocenters. The number of aliphatic hydroxyl groups excluding tert-OH is 1. The molecule has 1 aromatic rings. The average molecular weight is 218 g/mol. The molecule has 1 saturated heterocycles. The van der Waals surface area contributed by atoms with E-state index in [9.17, 15) is 5.11 Å². The predicted octanol–water partition coefficient (Wildman–Crippen LogP) is 2.84. The molecule has 0 bridgehead atoms. The fourth-order valence-electron chi connectivity index (χ4n) is 2.21. The van der Waals surface area contributed by atoms with E-state index in [1.165, 1.54) is 0 Å². The lowest BCUT2D eigenvalue weighted by atomic mass is 9.95. The first-order valence-corrected chi connectivity index (χ1v) is 5.79. The van der Waals surface area contributed by atoms with Gasteiger partial charge in [0.2, 0.25) is 0 Å². The second kappa shape index (κ2) is 5.28. The Balaban J connectivity index is 2.07. The lowest BCUT2D eigenvalue weighted by Crippen LogP contribution is -2.30. The minimum atomic E-state index is -0.260. The number of ether oxygens (including phenoxy) is 1. The van der Waals surface area contributed by atoms with E-state index in [4.69, 9.17) is 4.74 Å². The van der Waals surface area contributed by atoms with Crippen molar-refractivity contribution >= 4 is 0 Å². The Morgan fingerprint density at radius 2 is 2.06 bits per heavy atom. The second-order valence-electron chi connectivity index (χ2n) is 4.31. The van der Waals surface area contributed by atoms with Gasteiger partial charge >= 0.3 is 0 Å². The van der Waals surface area contributed by atoms with Gasteiger partial charge in [0.15, 0.2) is 0 Å². The highest BCUT2D eigenvalue weighted by Gasteiger charge is 2.28. The zero-order valence-electron chi connectivity index (χ0n) is 9.38. The van der Waals surface area contributed by atoms with Crippen LogP contribution in [0.5, 0.6) is 0 Å². The molecule has 0 aromatic heterocycles. The van der Waals surface area contributed by atoms with Crippen molar-refractivity contribution in [2.75, 3.05) is 0 Å². The normalized spacial score (nSPS) is 29.9. The highest BCUT2D eigenvalue weighted by atomic mass is 16.5. The third kappa shape index (κ3) is 2.71. The first kappa shape index (κ1) is 11.4. The highest BCUT2D eigenvalue weighted by Crippen LogP contribution is 2.32. The highest BCUT2D eigenvalue weighted by molar-refractivity contribution is 5.18. The molecular formula is C14H18O2. The zero-order chi connectivity index (χ0) is 11.4. The molecule has 1 N–H and O–H groups in total. The van der Waals surface area contributed by atoms with Crippen LogP contribution in [0.2, 0.25) is 0 Å². The van der Waals surface area contributed by atoms with Crippen LogP contribution in [0.15, 0.2) is 43.0 Å². The molecule has 1 aliphatic heterocycles. The van der Waals surface area contributed by atoms with E-state index in [2.05, 4.69) is 6.58 Å². The molecule has 2 rings (SSSR count). The van der Waals surface area contributed by atoms with Crippen LogP contribution in [0.1, 0.15) is 30.9 Å². The van der Waals surface area contributed by atoms with Gasteiger partial charge in [-0.1, -0.05) is 36.4 Å². The van der Waals surface area contributed by atoms with Crippen molar-refractivity contribution in [1.29, 1.82) is 0 Å². The molecule has 3 atom stereocenters. The minimum absolute atomic E-state index is 0.0231. The Labute approximate surface area is 96.6 Å². The lowest BCUT2D eigenvalue weighted by Gasteiger charge is -2.33. The van der Waals surface area contributed by atoms with Crippen LogP contribution in [0.3, 0.4) is 0 Å². The smallest absolute Gasteiger partial charge is 0.0853 e. The molecule has 0 spiro atoms. The minimum Gasteiger partial charge on any atom is -0.393 e. The molecule has 2 heteroatoms. The van der Waals surface area contributed by atoms with Crippen molar-refractivity contribution in [3.8, 4) is 0 Å². The standard InChI is InChI=1S/C14H18O2/c1-2-6-13-9-12(15)10-14(16-13)11-7-4-3-5-8-11/h2-5,7-8,12-15H,1,6,9-10H2/t12-,13+,14+/m1/s1. The predicted molar refractivity (Wildman–Crippen MR) is 64.1 cm³/mol. The Bertz CT molecular complexity index is 334. The van der Waals surface area contributed by atoms with E-state index in [1.54, 1.807) is 0 Å². The Hall–Kier alpha value is -1.12. The van der Waals surface area contributed by atoms with E-state index in [1.807, 2.05) is 36.4 Å². The number of hydrogen-bond acceptors (Lipinski definition) is 2. The summed E-state index contributed by atoms with van der Waals surface area (Å²) in [5, 5.41) is 9.82. The van der Waals surface area contributed by atoms with Crippen LogP contribution < -0.4 is 0 Å². The van der Waals surface area contributed by atoms with Crippen LogP contribution in [0.4, 0.5) is 0 Å². The summed E-state index contributed by atoms with van der Waals surface area (Å²) < 4.78 is 5.95. The maximum Gasteiger partial charge on any atom is 0.0853 e. The molecule has 0 saturated carbocycles. The van der Waals surface area contributed by atoms with Crippen LogP contribution in [-0.2, 0) is 4.74 Å². The van der Waals surface area contributed by atoms with E-state index < -0.39 is 0 Å². The molecule has 0 amide bonds. The summed E-state index contributed by atoms with van der Waals surface area (Å²) >= 11 is 0. The Morgan fingerprint density at radius 3 is 2.75 bits per heavy atom. The van der Waals surface area contributed by atoms with Gasteiger partial charge in [0.25, 0.3) is 0 Å². The molecular weight excluding hydrogens is 200 g/mol. The van der Waals surface area contributed by atoms with Crippen LogP contribution in [0.25, 0.3) is 0 Å². The summed E-state index contributed by atoms with van der Waals surface area (Å²) in [5.74, 6) is 0. The van der Waals surface area contributed by atoms with Crippen LogP contribution in [0, 0.1) is 0 Å². The summed E-state index contributed by atoms with van der Waals surface area (Å²) in [6.07, 6.45) is 3.93. The van der Waals surface area contributed by atoms with Crippen molar-refractivity contribution < 1.29 is 9.84 Å². The zero-order valence-corrected chi connectivity index (χ0v) is 9.38. The molecule has 1 aliphatic rings. The van der Waals surface area contributed by atoms with E-state index in [-0.39, 0.29) is 18.3 Å². The third-order valence-electron chi connectivity index (χ3n) is 2.98. The molecule has 1 heterocycles. The van der Waals surface area contributed by atoms with Gasteiger partial charge in [-0.05, 0) is 18.4 Å². The molecule has 1 aromatic carbocycles. The SMILES string of the molecule is C=CC[C@H]1C[C@@H](O)C[C@@H](c2ccccc2)O1. The fourth-order valence-corrected chi connectivity index (χ4v) is 2.21. The van der Waals surface area contributed by atoms with E-state index in [0.29, 0.717) is 6.42 Å². The lowest BCUT2D eigenvalue weighted by molar-refractivity contribution is -0.0957. The number of aliphatic hydroxyl groups is 1. The van der Waals surface area contributed by atoms with Crippen LogP contribution in [-0.4, -0.2) is 17.3 Å². The topological polar surface area (TPSA) is 29.5 Å². The van der Waals surface area contributed by atoms with Crippen molar-refractivity contribution in [2.45, 2.75) is 37.6 Å². The molecule has 16 heavy (non-hydrogen) atoms. The van der Waals surface area contributed by atoms with Crippen molar-refractivity contribution in [2.24, 2.45) is 0 Å². The summed E-state index contributed by atoms with van der Waals surface area (Å²) in [5.41, 5.74) is 1.15. The quantitative estimate of drug-likeness (QED) is 0.790. The summed E-state index contributed by atoms with van der Waals surface area (Å²) in [4.78, 5) is 0. The Kier molecular flexibility index (Phi) is 3.75. The van der Waals surface area contributed by atoms with Gasteiger partial charge in [0.05, 0.1) is 18.3 Å². The second-order valence-corrected chi connectivity index (χ2v) is 4.31. The summed E-state index contributed by atoms with van der Waals surface area (Å²) in [6.45, 7) is 3.72. The number of benzene rings is 1. The van der Waals surface area contributed by atoms with Gasteiger partial charge in [-0.25, -0.2) is 0 Å². The third-order valence-corrected chi connectivity index (χ3v) is 2.98. The van der Waals surface area contributed by atoms with E-state index >= 15 is 0 Å². The molecule has 2 nitrogen and oxygen atoms in total. The fraction of sp³-hybridized carbons (Fsp3) is 0.429. The van der Waals surface area contributed by atoms with E-state index in [0.717, 1.165) is 18.4 Å². The van der Waals surface area contributed by atoms with Gasteiger partial charge in [-0.2, -0.15) is 0 Å². The largest absolute Gasteiger partial charge is 0.393 e. The summed E-state index contributed by atoms with van der Waals surface area (Å²) in [7, 11) is 0. The molecule has 0 radical (unpaired) electrons. The molecule has 86 valence electrons. The summed E-state index contributed by atoms with van der Waals surface area (Å²) in [6, 6.07) is 10.1. The van der Waals surface area contributed by atoms with Crippen LogP contribution >= 0.6 is 0 Å². The first-order chi connectivity index (χ1) is 7.79. The van der Waals surface area contributed by atoms with Gasteiger partial charge in [-0.3, -0.25) is 0 Å². The molecule has 0 aliphatic carbocycles. The monoisotopic (exact) mass is 218 g/mol. The van der Waals surface area contributed by atoms with Crippen molar-refractivity contribution in [1.82, 2.24) is 0 Å². The number of hydrogen-bond donors (Lipinski definition) is 1. The maximum atomic E-state index is 9.82. The Morgan fingerprint density at radius 1 is 1.31 bits per heavy atom. The number of rotatable bonds is 3. The van der Waals surface area contributed by atoms with Gasteiger partial charge < -0.3 is 9.84 Å². The average Bonchev–Trinajstić information content (AvgIpc) is 2.30. The van der Waals surface area contributed by atoms with Gasteiger partial charge in [0, 0.05) is 6.42 Å².